The van der Waals surface area contributed by atoms with Crippen LogP contribution < -0.4 is 10.1 Å². The van der Waals surface area contributed by atoms with Crippen molar-refractivity contribution in [2.45, 2.75) is 65.5 Å². The molecule has 1 aromatic carbocycles. The molecule has 0 bridgehead atoms. The summed E-state index contributed by atoms with van der Waals surface area (Å²) in [5, 5.41) is 3.54. The average Bonchev–Trinajstić information content (AvgIpc) is 2.27. The number of hydrogen-bond acceptors (Lipinski definition) is 2. The lowest BCUT2D eigenvalue weighted by Gasteiger charge is -2.23. The van der Waals surface area contributed by atoms with Crippen LogP contribution >= 0.6 is 0 Å². The molecule has 0 saturated heterocycles. The zero-order chi connectivity index (χ0) is 14.5. The summed E-state index contributed by atoms with van der Waals surface area (Å²) in [6, 6.07) is 8.39. The minimum Gasteiger partial charge on any atom is -0.491 e. The summed E-state index contributed by atoms with van der Waals surface area (Å²) in [6.07, 6.45) is 1.34. The van der Waals surface area contributed by atoms with Crippen molar-refractivity contribution < 1.29 is 4.74 Å². The molecule has 0 aliphatic carbocycles. The predicted molar refractivity (Wildman–Crippen MR) is 83.0 cm³/mol. The van der Waals surface area contributed by atoms with Gasteiger partial charge >= 0.3 is 0 Å². The first kappa shape index (κ1) is 16.0. The second kappa shape index (κ2) is 6.95. The molecule has 1 N–H and O–H groups in total. The van der Waals surface area contributed by atoms with Gasteiger partial charge in [-0.25, -0.2) is 0 Å². The van der Waals surface area contributed by atoms with Crippen molar-refractivity contribution in [2.75, 3.05) is 6.54 Å². The predicted octanol–water partition coefficient (Wildman–Crippen LogP) is 4.36. The first-order valence-corrected chi connectivity index (χ1v) is 7.30. The Labute approximate surface area is 118 Å². The Morgan fingerprint density at radius 1 is 1.11 bits per heavy atom. The Hall–Kier alpha value is -1.02. The Kier molecular flexibility index (Phi) is 5.86. The van der Waals surface area contributed by atoms with Crippen molar-refractivity contribution in [3.8, 4) is 5.75 Å². The molecule has 0 aromatic heterocycles. The maximum Gasteiger partial charge on any atom is 0.123 e. The molecule has 0 amide bonds. The summed E-state index contributed by atoms with van der Waals surface area (Å²) in [7, 11) is 0. The quantitative estimate of drug-likeness (QED) is 0.823. The zero-order valence-corrected chi connectivity index (χ0v) is 13.3. The summed E-state index contributed by atoms with van der Waals surface area (Å²) >= 11 is 0. The van der Waals surface area contributed by atoms with Crippen molar-refractivity contribution >= 4 is 0 Å². The monoisotopic (exact) mass is 263 g/mol. The molecule has 1 unspecified atom stereocenters. The molecule has 2 heteroatoms. The molecule has 108 valence electrons. The van der Waals surface area contributed by atoms with E-state index in [1.165, 1.54) is 5.56 Å². The molecule has 19 heavy (non-hydrogen) atoms. The van der Waals surface area contributed by atoms with E-state index in [0.29, 0.717) is 5.92 Å². The molecule has 0 aliphatic heterocycles. The molecule has 1 aromatic rings. The smallest absolute Gasteiger partial charge is 0.123 e. The van der Waals surface area contributed by atoms with Crippen LogP contribution in [0.4, 0.5) is 0 Å². The summed E-state index contributed by atoms with van der Waals surface area (Å²) in [6.45, 7) is 14.0. The van der Waals surface area contributed by atoms with E-state index >= 15 is 0 Å². The van der Waals surface area contributed by atoms with Gasteiger partial charge in [-0.2, -0.15) is 0 Å². The van der Waals surface area contributed by atoms with Gasteiger partial charge in [0.25, 0.3) is 0 Å². The van der Waals surface area contributed by atoms with Gasteiger partial charge in [0.1, 0.15) is 5.75 Å². The second-order valence-electron chi connectivity index (χ2n) is 6.57. The summed E-state index contributed by atoms with van der Waals surface area (Å²) < 4.78 is 5.89. The highest BCUT2D eigenvalue weighted by atomic mass is 16.5. The highest BCUT2D eigenvalue weighted by Gasteiger charge is 2.14. The van der Waals surface area contributed by atoms with E-state index in [9.17, 15) is 0 Å². The van der Waals surface area contributed by atoms with Gasteiger partial charge in [-0.15, -0.1) is 0 Å². The lowest BCUT2D eigenvalue weighted by atomic mass is 9.96. The van der Waals surface area contributed by atoms with Crippen molar-refractivity contribution in [1.82, 2.24) is 5.32 Å². The van der Waals surface area contributed by atoms with Gasteiger partial charge in [-0.3, -0.25) is 0 Å². The van der Waals surface area contributed by atoms with Gasteiger partial charge in [0.05, 0.1) is 6.10 Å². The summed E-state index contributed by atoms with van der Waals surface area (Å²) in [4.78, 5) is 0. The molecular weight excluding hydrogens is 234 g/mol. The third-order valence-corrected chi connectivity index (χ3v) is 3.05. The van der Waals surface area contributed by atoms with Crippen molar-refractivity contribution in [1.29, 1.82) is 0 Å². The Bertz CT molecular complexity index is 379. The highest BCUT2D eigenvalue weighted by Crippen LogP contribution is 2.29. The van der Waals surface area contributed by atoms with Crippen LogP contribution in [0.15, 0.2) is 24.3 Å². The van der Waals surface area contributed by atoms with Gasteiger partial charge in [0, 0.05) is 5.54 Å². The Balaban J connectivity index is 2.63. The van der Waals surface area contributed by atoms with Crippen LogP contribution in [0.2, 0.25) is 0 Å². The molecular formula is C17H29NO. The minimum absolute atomic E-state index is 0.188. The van der Waals surface area contributed by atoms with Gasteiger partial charge in [0.2, 0.25) is 0 Å². The maximum absolute atomic E-state index is 5.89. The van der Waals surface area contributed by atoms with Gasteiger partial charge < -0.3 is 10.1 Å². The Morgan fingerprint density at radius 3 is 2.32 bits per heavy atom. The third-order valence-electron chi connectivity index (χ3n) is 3.05. The van der Waals surface area contributed by atoms with E-state index in [0.717, 1.165) is 18.7 Å². The Morgan fingerprint density at radius 2 is 1.74 bits per heavy atom. The molecule has 1 atom stereocenters. The summed E-state index contributed by atoms with van der Waals surface area (Å²) in [5.41, 5.74) is 1.50. The fourth-order valence-electron chi connectivity index (χ4n) is 2.07. The summed E-state index contributed by atoms with van der Waals surface area (Å²) in [5.74, 6) is 1.53. The molecule has 0 fully saturated rings. The number of ether oxygens (including phenoxy) is 1. The van der Waals surface area contributed by atoms with E-state index in [2.05, 4.69) is 65.1 Å². The van der Waals surface area contributed by atoms with Gasteiger partial charge in [-0.05, 0) is 65.1 Å². The SMILES string of the molecule is CC(C)Oc1ccccc1C(C)CCNC(C)(C)C. The standard InChI is InChI=1S/C17H29NO/c1-13(2)19-16-10-8-7-9-15(16)14(3)11-12-18-17(4,5)6/h7-10,13-14,18H,11-12H2,1-6H3. The molecule has 0 aliphatic rings. The molecule has 2 nitrogen and oxygen atoms in total. The van der Waals surface area contributed by atoms with Crippen molar-refractivity contribution in [3.63, 3.8) is 0 Å². The van der Waals surface area contributed by atoms with E-state index in [-0.39, 0.29) is 11.6 Å². The lowest BCUT2D eigenvalue weighted by Crippen LogP contribution is -2.36. The minimum atomic E-state index is 0.188. The zero-order valence-electron chi connectivity index (χ0n) is 13.3. The highest BCUT2D eigenvalue weighted by molar-refractivity contribution is 5.36. The van der Waals surface area contributed by atoms with Crippen LogP contribution in [0.25, 0.3) is 0 Å². The normalized spacial score (nSPS) is 13.6. The van der Waals surface area contributed by atoms with E-state index < -0.39 is 0 Å². The maximum atomic E-state index is 5.89. The molecule has 0 radical (unpaired) electrons. The second-order valence-corrected chi connectivity index (χ2v) is 6.57. The van der Waals surface area contributed by atoms with Crippen LogP contribution in [0.1, 0.15) is 59.4 Å². The first-order valence-electron chi connectivity index (χ1n) is 7.30. The van der Waals surface area contributed by atoms with E-state index in [1.807, 2.05) is 6.07 Å². The number of rotatable bonds is 6. The van der Waals surface area contributed by atoms with Crippen LogP contribution in [0, 0.1) is 0 Å². The van der Waals surface area contributed by atoms with E-state index in [4.69, 9.17) is 4.74 Å². The molecule has 0 spiro atoms. The fraction of sp³-hybridized carbons (Fsp3) is 0.647. The molecule has 0 heterocycles. The number of nitrogens with one attached hydrogen (secondary N) is 1. The number of benzene rings is 1. The number of hydrogen-bond donors (Lipinski definition) is 1. The molecule has 1 rings (SSSR count). The lowest BCUT2D eigenvalue weighted by molar-refractivity contribution is 0.238. The van der Waals surface area contributed by atoms with Crippen LogP contribution in [-0.4, -0.2) is 18.2 Å². The largest absolute Gasteiger partial charge is 0.491 e. The van der Waals surface area contributed by atoms with E-state index in [1.54, 1.807) is 0 Å². The van der Waals surface area contributed by atoms with Crippen molar-refractivity contribution in [2.24, 2.45) is 0 Å². The number of para-hydroxylation sites is 1. The topological polar surface area (TPSA) is 21.3 Å². The van der Waals surface area contributed by atoms with Gasteiger partial charge in [0.15, 0.2) is 0 Å². The van der Waals surface area contributed by atoms with Crippen LogP contribution in [-0.2, 0) is 0 Å². The third kappa shape index (κ3) is 6.11. The van der Waals surface area contributed by atoms with Crippen LogP contribution in [0.5, 0.6) is 5.75 Å². The average molecular weight is 263 g/mol. The molecule has 0 saturated carbocycles. The van der Waals surface area contributed by atoms with Crippen LogP contribution in [0.3, 0.4) is 0 Å². The first-order chi connectivity index (χ1) is 8.79. The van der Waals surface area contributed by atoms with Crippen molar-refractivity contribution in [3.05, 3.63) is 29.8 Å². The van der Waals surface area contributed by atoms with Gasteiger partial charge in [-0.1, -0.05) is 25.1 Å². The fourth-order valence-corrected chi connectivity index (χ4v) is 2.07.